The van der Waals surface area contributed by atoms with E-state index in [0.29, 0.717) is 12.8 Å². The number of rotatable bonds is 37. The lowest BCUT2D eigenvalue weighted by atomic mass is 9.99. The quantitative estimate of drug-likeness (QED) is 0.0269. The maximum Gasteiger partial charge on any atom is 0.220 e. The summed E-state index contributed by atoms with van der Waals surface area (Å²) in [6.45, 7) is 3.67. The van der Waals surface area contributed by atoms with Gasteiger partial charge in [-0.05, 0) is 57.8 Å². The van der Waals surface area contributed by atoms with Crippen molar-refractivity contribution in [3.8, 4) is 0 Å². The van der Waals surface area contributed by atoms with E-state index in [2.05, 4.69) is 79.9 Å². The van der Waals surface area contributed by atoms with Crippen LogP contribution in [0.5, 0.6) is 0 Å². The van der Waals surface area contributed by atoms with Gasteiger partial charge in [0.15, 0.2) is 6.29 Å². The molecule has 7 unspecified atom stereocenters. The lowest BCUT2D eigenvalue weighted by Crippen LogP contribution is -2.60. The minimum absolute atomic E-state index is 0.144. The number of allylic oxidation sites excluding steroid dienone is 10. The molecular weight excluding hydrogens is 719 g/mol. The van der Waals surface area contributed by atoms with E-state index < -0.39 is 49.5 Å². The summed E-state index contributed by atoms with van der Waals surface area (Å²) >= 11 is 0. The second-order valence-corrected chi connectivity index (χ2v) is 15.8. The van der Waals surface area contributed by atoms with Crippen LogP contribution in [-0.4, -0.2) is 87.5 Å². The van der Waals surface area contributed by atoms with E-state index >= 15 is 0 Å². The Kier molecular flexibility index (Phi) is 35.4. The van der Waals surface area contributed by atoms with Crippen LogP contribution < -0.4 is 5.32 Å². The second-order valence-electron chi connectivity index (χ2n) is 15.8. The smallest absolute Gasteiger partial charge is 0.220 e. The number of carbonyl (C=O) groups excluding carboxylic acids is 1. The van der Waals surface area contributed by atoms with Crippen LogP contribution in [0.1, 0.15) is 181 Å². The van der Waals surface area contributed by atoms with Crippen molar-refractivity contribution in [1.29, 1.82) is 0 Å². The van der Waals surface area contributed by atoms with E-state index in [-0.39, 0.29) is 12.5 Å². The average Bonchev–Trinajstić information content (AvgIpc) is 3.21. The molecular formula is C48H85NO8. The summed E-state index contributed by atoms with van der Waals surface area (Å²) in [5.74, 6) is -0.156. The molecule has 0 aromatic heterocycles. The van der Waals surface area contributed by atoms with Gasteiger partial charge in [-0.3, -0.25) is 4.79 Å². The number of ether oxygens (including phenoxy) is 2. The molecule has 0 spiro atoms. The van der Waals surface area contributed by atoms with Crippen LogP contribution in [0.4, 0.5) is 0 Å². The first-order valence-electron chi connectivity index (χ1n) is 23.0. The van der Waals surface area contributed by atoms with Crippen molar-refractivity contribution in [2.75, 3.05) is 13.2 Å². The highest BCUT2D eigenvalue weighted by Gasteiger charge is 2.44. The lowest BCUT2D eigenvalue weighted by Gasteiger charge is -2.40. The van der Waals surface area contributed by atoms with E-state index in [4.69, 9.17) is 9.47 Å². The van der Waals surface area contributed by atoms with Crippen LogP contribution in [0.25, 0.3) is 0 Å². The van der Waals surface area contributed by atoms with Crippen molar-refractivity contribution in [2.24, 2.45) is 0 Å². The van der Waals surface area contributed by atoms with E-state index in [1.807, 2.05) is 0 Å². The first-order valence-corrected chi connectivity index (χ1v) is 23.0. The van der Waals surface area contributed by atoms with Crippen molar-refractivity contribution < 1.29 is 39.8 Å². The summed E-state index contributed by atoms with van der Waals surface area (Å²) in [4.78, 5) is 12.9. The zero-order valence-electron chi connectivity index (χ0n) is 36.1. The van der Waals surface area contributed by atoms with Crippen LogP contribution >= 0.6 is 0 Å². The number of carbonyl (C=O) groups is 1. The highest BCUT2D eigenvalue weighted by atomic mass is 16.7. The van der Waals surface area contributed by atoms with Gasteiger partial charge in [0, 0.05) is 6.42 Å². The minimum atomic E-state index is -1.55. The Morgan fingerprint density at radius 3 is 1.61 bits per heavy atom. The van der Waals surface area contributed by atoms with Gasteiger partial charge in [0.2, 0.25) is 5.91 Å². The molecule has 1 aliphatic heterocycles. The Bertz CT molecular complexity index is 1070. The van der Waals surface area contributed by atoms with Gasteiger partial charge in [-0.2, -0.15) is 0 Å². The van der Waals surface area contributed by atoms with Gasteiger partial charge < -0.3 is 40.3 Å². The van der Waals surface area contributed by atoms with E-state index in [1.54, 1.807) is 0 Å². The summed E-state index contributed by atoms with van der Waals surface area (Å²) in [7, 11) is 0. The Morgan fingerprint density at radius 1 is 0.614 bits per heavy atom. The standard InChI is InChI=1S/C48H85NO8/c1-3-5-7-9-11-13-14-15-16-17-18-19-20-21-22-23-24-25-26-27-28-30-32-34-36-38-44(52)49-41(42(51)37-35-33-31-29-12-10-8-6-4-2)40-56-48-47(55)46(54)45(53)43(39-50)57-48/h5,7,11,13,15-16,18-19,21-22,41-43,45-48,50-51,53-55H,3-4,6,8-10,12,14,17,20,23-40H2,1-2H3,(H,49,52)/b7-5-,13-11-,16-15-,19-18-,22-21-. The average molecular weight is 804 g/mol. The van der Waals surface area contributed by atoms with Crippen LogP contribution in [-0.2, 0) is 14.3 Å². The molecule has 9 heteroatoms. The van der Waals surface area contributed by atoms with Crippen LogP contribution in [0, 0.1) is 0 Å². The number of hydrogen-bond acceptors (Lipinski definition) is 8. The fourth-order valence-electron chi connectivity index (χ4n) is 6.95. The number of aliphatic hydroxyl groups is 5. The maximum atomic E-state index is 12.9. The molecule has 0 radical (unpaired) electrons. The fraction of sp³-hybridized carbons (Fsp3) is 0.771. The summed E-state index contributed by atoms with van der Waals surface area (Å²) in [6, 6.07) is -0.722. The maximum absolute atomic E-state index is 12.9. The molecule has 57 heavy (non-hydrogen) atoms. The molecule has 9 nitrogen and oxygen atoms in total. The van der Waals surface area contributed by atoms with Gasteiger partial charge in [-0.1, -0.05) is 177 Å². The number of hydrogen-bond donors (Lipinski definition) is 6. The summed E-state index contributed by atoms with van der Waals surface area (Å²) in [5, 5.41) is 54.2. The molecule has 6 N–H and O–H groups in total. The second kappa shape index (κ2) is 38.1. The Labute approximate surface area is 347 Å². The van der Waals surface area contributed by atoms with Crippen LogP contribution in [0.15, 0.2) is 60.8 Å². The molecule has 1 fully saturated rings. The molecule has 0 aromatic carbocycles. The highest BCUT2D eigenvalue weighted by molar-refractivity contribution is 5.76. The summed E-state index contributed by atoms with van der Waals surface area (Å²) in [5.41, 5.74) is 0. The third kappa shape index (κ3) is 28.9. The predicted octanol–water partition coefficient (Wildman–Crippen LogP) is 9.61. The number of unbranched alkanes of at least 4 members (excludes halogenated alkanes) is 17. The molecule has 0 aromatic rings. The normalized spacial score (nSPS) is 21.6. The molecule has 0 saturated carbocycles. The largest absolute Gasteiger partial charge is 0.394 e. The highest BCUT2D eigenvalue weighted by Crippen LogP contribution is 2.23. The first kappa shape index (κ1) is 52.9. The topological polar surface area (TPSA) is 149 Å². The zero-order valence-corrected chi connectivity index (χ0v) is 36.1. The molecule has 1 aliphatic rings. The van der Waals surface area contributed by atoms with Gasteiger partial charge in [0.1, 0.15) is 24.4 Å². The summed E-state index contributed by atoms with van der Waals surface area (Å²) in [6.07, 6.45) is 42.4. The molecule has 1 amide bonds. The monoisotopic (exact) mass is 804 g/mol. The third-order valence-corrected chi connectivity index (χ3v) is 10.6. The molecule has 1 rings (SSSR count). The van der Waals surface area contributed by atoms with E-state index in [0.717, 1.165) is 77.0 Å². The van der Waals surface area contributed by atoms with Gasteiger partial charge in [0.05, 0.1) is 25.4 Å². The van der Waals surface area contributed by atoms with Crippen molar-refractivity contribution in [3.05, 3.63) is 60.8 Å². The van der Waals surface area contributed by atoms with Crippen LogP contribution in [0.3, 0.4) is 0 Å². The van der Waals surface area contributed by atoms with Crippen molar-refractivity contribution in [3.63, 3.8) is 0 Å². The SMILES string of the molecule is CC/C=C\C/C=C\C/C=C\C/C=C\C/C=C\CCCCCCCCCCCC(=O)NC(COC1OC(CO)C(O)C(O)C1O)C(O)CCCCCCCCCCC. The first-order chi connectivity index (χ1) is 27.8. The lowest BCUT2D eigenvalue weighted by molar-refractivity contribution is -0.302. The van der Waals surface area contributed by atoms with Gasteiger partial charge in [-0.15, -0.1) is 0 Å². The molecule has 7 atom stereocenters. The molecule has 0 aliphatic carbocycles. The Balaban J connectivity index is 2.24. The third-order valence-electron chi connectivity index (χ3n) is 10.6. The zero-order chi connectivity index (χ0) is 41.6. The van der Waals surface area contributed by atoms with Gasteiger partial charge >= 0.3 is 0 Å². The van der Waals surface area contributed by atoms with E-state index in [1.165, 1.54) is 77.0 Å². The summed E-state index contributed by atoms with van der Waals surface area (Å²) < 4.78 is 11.2. The van der Waals surface area contributed by atoms with Crippen molar-refractivity contribution >= 4 is 5.91 Å². The Morgan fingerprint density at radius 2 is 1.09 bits per heavy atom. The molecule has 1 saturated heterocycles. The van der Waals surface area contributed by atoms with Gasteiger partial charge in [-0.25, -0.2) is 0 Å². The van der Waals surface area contributed by atoms with Crippen LogP contribution in [0.2, 0.25) is 0 Å². The number of amides is 1. The molecule has 0 bridgehead atoms. The predicted molar refractivity (Wildman–Crippen MR) is 235 cm³/mol. The molecule has 330 valence electrons. The molecule has 1 heterocycles. The minimum Gasteiger partial charge on any atom is -0.394 e. The number of nitrogens with one attached hydrogen (secondary N) is 1. The van der Waals surface area contributed by atoms with Crippen molar-refractivity contribution in [2.45, 2.75) is 224 Å². The van der Waals surface area contributed by atoms with E-state index in [9.17, 15) is 30.3 Å². The van der Waals surface area contributed by atoms with Gasteiger partial charge in [0.25, 0.3) is 0 Å². The number of aliphatic hydroxyl groups excluding tert-OH is 5. The Hall–Kier alpha value is -2.11. The fourth-order valence-corrected chi connectivity index (χ4v) is 6.95. The van der Waals surface area contributed by atoms with Crippen molar-refractivity contribution in [1.82, 2.24) is 5.32 Å².